The summed E-state index contributed by atoms with van der Waals surface area (Å²) in [5.74, 6) is 0.988. The molecule has 2 N–H and O–H groups in total. The van der Waals surface area contributed by atoms with Crippen molar-refractivity contribution in [2.45, 2.75) is 13.5 Å². The van der Waals surface area contributed by atoms with E-state index in [0.29, 0.717) is 0 Å². The Labute approximate surface area is 102 Å². The topological polar surface area (TPSA) is 42.1 Å². The summed E-state index contributed by atoms with van der Waals surface area (Å²) < 4.78 is 0. The van der Waals surface area contributed by atoms with Gasteiger partial charge < -0.3 is 10.6 Å². The molecule has 0 bridgehead atoms. The second-order valence-corrected chi connectivity index (χ2v) is 4.23. The van der Waals surface area contributed by atoms with E-state index in [9.17, 15) is 0 Å². The first-order valence-electron chi connectivity index (χ1n) is 5.64. The Kier molecular flexibility index (Phi) is 3.28. The Bertz CT molecular complexity index is 491. The second kappa shape index (κ2) is 4.87. The smallest absolute Gasteiger partial charge is 0.128 e. The van der Waals surface area contributed by atoms with Crippen molar-refractivity contribution in [3.05, 3.63) is 53.7 Å². The standard InChI is InChI=1S/C14H17N3/c1-11-4-3-5-14(16-11)17(2)10-12-6-8-13(15)9-7-12/h3-9H,10,15H2,1-2H3. The van der Waals surface area contributed by atoms with E-state index in [-0.39, 0.29) is 0 Å². The molecule has 0 saturated heterocycles. The summed E-state index contributed by atoms with van der Waals surface area (Å²) in [6, 6.07) is 14.0. The van der Waals surface area contributed by atoms with Crippen LogP contribution in [0.4, 0.5) is 11.5 Å². The molecule has 0 radical (unpaired) electrons. The van der Waals surface area contributed by atoms with Crippen molar-refractivity contribution in [2.75, 3.05) is 17.7 Å². The van der Waals surface area contributed by atoms with Crippen LogP contribution in [0.25, 0.3) is 0 Å². The maximum absolute atomic E-state index is 5.66. The molecule has 2 aromatic rings. The van der Waals surface area contributed by atoms with Gasteiger partial charge in [0.25, 0.3) is 0 Å². The first kappa shape index (κ1) is 11.5. The van der Waals surface area contributed by atoms with Crippen LogP contribution in [0, 0.1) is 6.92 Å². The summed E-state index contributed by atoms with van der Waals surface area (Å²) in [5, 5.41) is 0. The van der Waals surface area contributed by atoms with E-state index in [1.807, 2.05) is 56.4 Å². The van der Waals surface area contributed by atoms with Gasteiger partial charge in [-0.15, -0.1) is 0 Å². The average Bonchev–Trinajstić information content (AvgIpc) is 2.32. The third-order valence-corrected chi connectivity index (χ3v) is 2.66. The van der Waals surface area contributed by atoms with Gasteiger partial charge in [0.2, 0.25) is 0 Å². The summed E-state index contributed by atoms with van der Waals surface area (Å²) in [4.78, 5) is 6.61. The molecule has 1 aromatic carbocycles. The second-order valence-electron chi connectivity index (χ2n) is 4.23. The molecule has 0 spiro atoms. The molecule has 0 fully saturated rings. The van der Waals surface area contributed by atoms with Crippen LogP contribution in [0.2, 0.25) is 0 Å². The van der Waals surface area contributed by atoms with Crippen LogP contribution in [-0.2, 0) is 6.54 Å². The van der Waals surface area contributed by atoms with Gasteiger partial charge in [0.15, 0.2) is 0 Å². The van der Waals surface area contributed by atoms with Gasteiger partial charge in [-0.05, 0) is 36.8 Å². The van der Waals surface area contributed by atoms with Crippen molar-refractivity contribution in [1.82, 2.24) is 4.98 Å². The molecule has 3 nitrogen and oxygen atoms in total. The summed E-state index contributed by atoms with van der Waals surface area (Å²) in [7, 11) is 2.04. The highest BCUT2D eigenvalue weighted by Gasteiger charge is 2.03. The third-order valence-electron chi connectivity index (χ3n) is 2.66. The highest BCUT2D eigenvalue weighted by Crippen LogP contribution is 2.14. The number of nitrogens with zero attached hydrogens (tertiary/aromatic N) is 2. The van der Waals surface area contributed by atoms with Gasteiger partial charge in [-0.3, -0.25) is 0 Å². The van der Waals surface area contributed by atoms with Crippen molar-refractivity contribution >= 4 is 11.5 Å². The largest absolute Gasteiger partial charge is 0.399 e. The monoisotopic (exact) mass is 227 g/mol. The highest BCUT2D eigenvalue weighted by atomic mass is 15.2. The lowest BCUT2D eigenvalue weighted by Crippen LogP contribution is -2.17. The zero-order valence-electron chi connectivity index (χ0n) is 10.2. The van der Waals surface area contributed by atoms with Crippen LogP contribution in [0.3, 0.4) is 0 Å². The Morgan fingerprint density at radius 2 is 1.82 bits per heavy atom. The fourth-order valence-electron chi connectivity index (χ4n) is 1.72. The Hall–Kier alpha value is -2.03. The van der Waals surface area contributed by atoms with Crippen molar-refractivity contribution in [3.8, 4) is 0 Å². The highest BCUT2D eigenvalue weighted by molar-refractivity contribution is 5.42. The molecule has 2 rings (SSSR count). The number of hydrogen-bond acceptors (Lipinski definition) is 3. The number of nitrogens with two attached hydrogens (primary N) is 1. The normalized spacial score (nSPS) is 10.2. The van der Waals surface area contributed by atoms with Crippen molar-refractivity contribution in [2.24, 2.45) is 0 Å². The van der Waals surface area contributed by atoms with Gasteiger partial charge in [-0.25, -0.2) is 4.98 Å². The molecule has 88 valence electrons. The Morgan fingerprint density at radius 1 is 1.12 bits per heavy atom. The van der Waals surface area contributed by atoms with Crippen molar-refractivity contribution < 1.29 is 0 Å². The van der Waals surface area contributed by atoms with E-state index in [0.717, 1.165) is 23.7 Å². The van der Waals surface area contributed by atoms with Gasteiger partial charge in [0.1, 0.15) is 5.82 Å². The van der Waals surface area contributed by atoms with E-state index in [1.165, 1.54) is 5.56 Å². The predicted octanol–water partition coefficient (Wildman–Crippen LogP) is 2.61. The zero-order chi connectivity index (χ0) is 12.3. The number of aryl methyl sites for hydroxylation is 1. The minimum absolute atomic E-state index is 0.796. The molecule has 1 heterocycles. The van der Waals surface area contributed by atoms with Gasteiger partial charge in [0.05, 0.1) is 0 Å². The lowest BCUT2D eigenvalue weighted by atomic mass is 10.2. The first-order chi connectivity index (χ1) is 8.15. The van der Waals surface area contributed by atoms with E-state index in [1.54, 1.807) is 0 Å². The summed E-state index contributed by atoms with van der Waals surface area (Å²) in [6.07, 6.45) is 0. The van der Waals surface area contributed by atoms with Crippen LogP contribution in [-0.4, -0.2) is 12.0 Å². The van der Waals surface area contributed by atoms with Crippen LogP contribution in [0.15, 0.2) is 42.5 Å². The van der Waals surface area contributed by atoms with E-state index < -0.39 is 0 Å². The van der Waals surface area contributed by atoms with Gasteiger partial charge in [0, 0.05) is 25.0 Å². The summed E-state index contributed by atoms with van der Waals surface area (Å²) in [6.45, 7) is 2.83. The van der Waals surface area contributed by atoms with Crippen LogP contribution >= 0.6 is 0 Å². The molecule has 3 heteroatoms. The number of nitrogen functional groups attached to an aromatic ring is 1. The molecule has 0 aliphatic rings. The number of hydrogen-bond donors (Lipinski definition) is 1. The molecule has 0 aliphatic carbocycles. The Balaban J connectivity index is 2.11. The summed E-state index contributed by atoms with van der Waals surface area (Å²) in [5.41, 5.74) is 8.72. The molecule has 0 unspecified atom stereocenters. The molecular weight excluding hydrogens is 210 g/mol. The fourth-order valence-corrected chi connectivity index (χ4v) is 1.72. The molecule has 0 amide bonds. The molecule has 1 aromatic heterocycles. The Morgan fingerprint density at radius 3 is 2.47 bits per heavy atom. The van der Waals surface area contributed by atoms with E-state index >= 15 is 0 Å². The molecular formula is C14H17N3. The number of rotatable bonds is 3. The quantitative estimate of drug-likeness (QED) is 0.819. The van der Waals surface area contributed by atoms with E-state index in [2.05, 4.69) is 9.88 Å². The predicted molar refractivity (Wildman–Crippen MR) is 71.9 cm³/mol. The lowest BCUT2D eigenvalue weighted by Gasteiger charge is -2.18. The molecule has 0 saturated carbocycles. The van der Waals surface area contributed by atoms with Crippen LogP contribution in [0.1, 0.15) is 11.3 Å². The summed E-state index contributed by atoms with van der Waals surface area (Å²) >= 11 is 0. The van der Waals surface area contributed by atoms with Gasteiger partial charge in [-0.1, -0.05) is 18.2 Å². The lowest BCUT2D eigenvalue weighted by molar-refractivity contribution is 0.892. The van der Waals surface area contributed by atoms with Gasteiger partial charge >= 0.3 is 0 Å². The number of benzene rings is 1. The van der Waals surface area contributed by atoms with Crippen molar-refractivity contribution in [3.63, 3.8) is 0 Å². The minimum atomic E-state index is 0.796. The average molecular weight is 227 g/mol. The number of anilines is 2. The van der Waals surface area contributed by atoms with Crippen molar-refractivity contribution in [1.29, 1.82) is 0 Å². The minimum Gasteiger partial charge on any atom is -0.399 e. The molecule has 17 heavy (non-hydrogen) atoms. The van der Waals surface area contributed by atoms with Crippen LogP contribution < -0.4 is 10.6 Å². The van der Waals surface area contributed by atoms with E-state index in [4.69, 9.17) is 5.73 Å². The fraction of sp³-hybridized carbons (Fsp3) is 0.214. The van der Waals surface area contributed by atoms with Crippen LogP contribution in [0.5, 0.6) is 0 Å². The number of aromatic nitrogens is 1. The zero-order valence-corrected chi connectivity index (χ0v) is 10.2. The molecule has 0 atom stereocenters. The maximum atomic E-state index is 5.66. The number of pyridine rings is 1. The molecule has 0 aliphatic heterocycles. The maximum Gasteiger partial charge on any atom is 0.128 e. The SMILES string of the molecule is Cc1cccc(N(C)Cc2ccc(N)cc2)n1. The van der Waals surface area contributed by atoms with Gasteiger partial charge in [-0.2, -0.15) is 0 Å². The third kappa shape index (κ3) is 2.97. The first-order valence-corrected chi connectivity index (χ1v) is 5.64.